The number of benzene rings is 1. The van der Waals surface area contributed by atoms with Gasteiger partial charge in [-0.1, -0.05) is 27.5 Å². The average Bonchev–Trinajstić information content (AvgIpc) is 2.83. The van der Waals surface area contributed by atoms with Crippen LogP contribution in [0, 0.1) is 0 Å². The van der Waals surface area contributed by atoms with Crippen molar-refractivity contribution in [1.29, 1.82) is 0 Å². The second-order valence-electron chi connectivity index (χ2n) is 3.37. The Labute approximate surface area is 115 Å². The molecule has 0 aliphatic heterocycles. The molecule has 84 valence electrons. The standard InChI is InChI=1S/C11H5BrClN3S/c12-6-1-2-8-7(3-6)10(13)16-11(15-8)9-4-14-5-17-9/h1-5H. The molecule has 0 amide bonds. The summed E-state index contributed by atoms with van der Waals surface area (Å²) in [5, 5.41) is 1.30. The lowest BCUT2D eigenvalue weighted by atomic mass is 10.2. The van der Waals surface area contributed by atoms with Gasteiger partial charge >= 0.3 is 0 Å². The maximum atomic E-state index is 6.16. The van der Waals surface area contributed by atoms with Crippen LogP contribution in [-0.2, 0) is 0 Å². The Morgan fingerprint density at radius 2 is 2.12 bits per heavy atom. The minimum Gasteiger partial charge on any atom is -0.252 e. The van der Waals surface area contributed by atoms with E-state index < -0.39 is 0 Å². The molecule has 2 heterocycles. The third-order valence-electron chi connectivity index (χ3n) is 2.26. The first-order valence-electron chi connectivity index (χ1n) is 4.76. The van der Waals surface area contributed by atoms with E-state index in [-0.39, 0.29) is 0 Å². The van der Waals surface area contributed by atoms with Gasteiger partial charge in [-0.3, -0.25) is 4.98 Å². The van der Waals surface area contributed by atoms with Gasteiger partial charge in [0.05, 0.1) is 15.9 Å². The molecule has 0 spiro atoms. The second kappa shape index (κ2) is 4.33. The van der Waals surface area contributed by atoms with Crippen LogP contribution in [0.5, 0.6) is 0 Å². The molecule has 1 aromatic carbocycles. The average molecular weight is 327 g/mol. The van der Waals surface area contributed by atoms with E-state index in [2.05, 4.69) is 30.9 Å². The highest BCUT2D eigenvalue weighted by atomic mass is 79.9. The lowest BCUT2D eigenvalue weighted by Crippen LogP contribution is -1.90. The fourth-order valence-corrected chi connectivity index (χ4v) is 2.65. The van der Waals surface area contributed by atoms with E-state index in [9.17, 15) is 0 Å². The Morgan fingerprint density at radius 1 is 1.24 bits per heavy atom. The maximum absolute atomic E-state index is 6.16. The van der Waals surface area contributed by atoms with Gasteiger partial charge in [0, 0.05) is 16.1 Å². The molecule has 0 atom stereocenters. The van der Waals surface area contributed by atoms with E-state index in [0.717, 1.165) is 20.3 Å². The summed E-state index contributed by atoms with van der Waals surface area (Å²) in [6.07, 6.45) is 1.74. The Balaban J connectivity index is 2.28. The number of thiazole rings is 1. The van der Waals surface area contributed by atoms with Crippen LogP contribution in [0.1, 0.15) is 0 Å². The lowest BCUT2D eigenvalue weighted by Gasteiger charge is -2.02. The van der Waals surface area contributed by atoms with E-state index in [1.54, 1.807) is 11.7 Å². The van der Waals surface area contributed by atoms with Crippen molar-refractivity contribution in [2.75, 3.05) is 0 Å². The summed E-state index contributed by atoms with van der Waals surface area (Å²) < 4.78 is 0.959. The predicted molar refractivity (Wildman–Crippen MR) is 73.4 cm³/mol. The lowest BCUT2D eigenvalue weighted by molar-refractivity contribution is 1.23. The Hall–Kier alpha value is -1.04. The third kappa shape index (κ3) is 2.06. The Kier molecular flexibility index (Phi) is 2.82. The van der Waals surface area contributed by atoms with Gasteiger partial charge in [-0.2, -0.15) is 0 Å². The SMILES string of the molecule is Clc1nc(-c2cncs2)nc2ccc(Br)cc12. The molecule has 0 unspecified atom stereocenters. The summed E-state index contributed by atoms with van der Waals surface area (Å²) in [4.78, 5) is 13.7. The maximum Gasteiger partial charge on any atom is 0.173 e. The molecular weight excluding hydrogens is 322 g/mol. The van der Waals surface area contributed by atoms with Crippen LogP contribution in [0.4, 0.5) is 0 Å². The van der Waals surface area contributed by atoms with Gasteiger partial charge in [-0.15, -0.1) is 11.3 Å². The molecule has 0 bridgehead atoms. The van der Waals surface area contributed by atoms with Crippen molar-refractivity contribution in [1.82, 2.24) is 15.0 Å². The molecular formula is C11H5BrClN3S. The van der Waals surface area contributed by atoms with Crippen LogP contribution >= 0.6 is 38.9 Å². The molecule has 0 radical (unpaired) electrons. The van der Waals surface area contributed by atoms with E-state index in [1.165, 1.54) is 11.3 Å². The smallest absolute Gasteiger partial charge is 0.173 e. The molecule has 0 N–H and O–H groups in total. The van der Waals surface area contributed by atoms with Crippen molar-refractivity contribution in [2.45, 2.75) is 0 Å². The molecule has 0 saturated carbocycles. The van der Waals surface area contributed by atoms with E-state index in [1.807, 2.05) is 18.2 Å². The van der Waals surface area contributed by atoms with Crippen LogP contribution in [0.25, 0.3) is 21.6 Å². The molecule has 0 aliphatic carbocycles. The first-order valence-corrected chi connectivity index (χ1v) is 6.81. The fraction of sp³-hybridized carbons (Fsp3) is 0. The predicted octanol–water partition coefficient (Wildman–Crippen LogP) is 4.17. The number of aromatic nitrogens is 3. The van der Waals surface area contributed by atoms with E-state index in [0.29, 0.717) is 11.0 Å². The summed E-state index contributed by atoms with van der Waals surface area (Å²) in [5.41, 5.74) is 2.58. The van der Waals surface area contributed by atoms with Crippen molar-refractivity contribution in [3.63, 3.8) is 0 Å². The van der Waals surface area contributed by atoms with Gasteiger partial charge in [0.25, 0.3) is 0 Å². The molecule has 3 aromatic rings. The number of rotatable bonds is 1. The van der Waals surface area contributed by atoms with E-state index in [4.69, 9.17) is 11.6 Å². The number of halogens is 2. The number of hydrogen-bond acceptors (Lipinski definition) is 4. The fourth-order valence-electron chi connectivity index (χ4n) is 1.50. The molecule has 3 nitrogen and oxygen atoms in total. The highest BCUT2D eigenvalue weighted by Gasteiger charge is 2.09. The van der Waals surface area contributed by atoms with Gasteiger partial charge < -0.3 is 0 Å². The van der Waals surface area contributed by atoms with Crippen LogP contribution in [0.15, 0.2) is 34.4 Å². The molecule has 6 heteroatoms. The summed E-state index contributed by atoms with van der Waals surface area (Å²) >= 11 is 11.1. The van der Waals surface area contributed by atoms with Crippen molar-refractivity contribution in [2.24, 2.45) is 0 Å². The third-order valence-corrected chi connectivity index (χ3v) is 3.81. The second-order valence-corrected chi connectivity index (χ2v) is 5.53. The molecule has 2 aromatic heterocycles. The number of fused-ring (bicyclic) bond motifs is 1. The van der Waals surface area contributed by atoms with E-state index >= 15 is 0 Å². The van der Waals surface area contributed by atoms with Crippen LogP contribution in [0.3, 0.4) is 0 Å². The summed E-state index contributed by atoms with van der Waals surface area (Å²) in [7, 11) is 0. The van der Waals surface area contributed by atoms with Crippen molar-refractivity contribution < 1.29 is 0 Å². The Bertz CT molecular complexity index is 684. The summed E-state index contributed by atoms with van der Waals surface area (Å²) in [5.74, 6) is 0.618. The molecule has 0 saturated heterocycles. The first kappa shape index (κ1) is 11.1. The minimum absolute atomic E-state index is 0.458. The topological polar surface area (TPSA) is 38.7 Å². The zero-order chi connectivity index (χ0) is 11.8. The molecule has 0 aliphatic rings. The molecule has 0 fully saturated rings. The van der Waals surface area contributed by atoms with Crippen LogP contribution in [0.2, 0.25) is 5.15 Å². The number of hydrogen-bond donors (Lipinski definition) is 0. The summed E-state index contributed by atoms with van der Waals surface area (Å²) in [6.45, 7) is 0. The monoisotopic (exact) mass is 325 g/mol. The normalized spacial score (nSPS) is 10.9. The highest BCUT2D eigenvalue weighted by molar-refractivity contribution is 9.10. The Morgan fingerprint density at radius 3 is 2.88 bits per heavy atom. The van der Waals surface area contributed by atoms with Crippen LogP contribution in [-0.4, -0.2) is 15.0 Å². The first-order chi connectivity index (χ1) is 8.24. The quantitative estimate of drug-likeness (QED) is 0.630. The zero-order valence-corrected chi connectivity index (χ0v) is 11.6. The van der Waals surface area contributed by atoms with Crippen LogP contribution < -0.4 is 0 Å². The van der Waals surface area contributed by atoms with Gasteiger partial charge in [0.2, 0.25) is 0 Å². The largest absolute Gasteiger partial charge is 0.252 e. The minimum atomic E-state index is 0.458. The van der Waals surface area contributed by atoms with Crippen molar-refractivity contribution in [3.8, 4) is 10.7 Å². The van der Waals surface area contributed by atoms with Crippen molar-refractivity contribution >= 4 is 49.8 Å². The zero-order valence-electron chi connectivity index (χ0n) is 8.39. The van der Waals surface area contributed by atoms with Gasteiger partial charge in [-0.25, -0.2) is 9.97 Å². The number of nitrogens with zero attached hydrogens (tertiary/aromatic N) is 3. The molecule has 3 rings (SSSR count). The highest BCUT2D eigenvalue weighted by Crippen LogP contribution is 2.28. The van der Waals surface area contributed by atoms with Gasteiger partial charge in [0.1, 0.15) is 5.15 Å². The van der Waals surface area contributed by atoms with Gasteiger partial charge in [-0.05, 0) is 18.2 Å². The summed E-state index contributed by atoms with van der Waals surface area (Å²) in [6, 6.07) is 5.76. The van der Waals surface area contributed by atoms with Crippen molar-refractivity contribution in [3.05, 3.63) is 39.5 Å². The molecule has 17 heavy (non-hydrogen) atoms. The van der Waals surface area contributed by atoms with Gasteiger partial charge in [0.15, 0.2) is 5.82 Å².